The van der Waals surface area contributed by atoms with Gasteiger partial charge in [0.1, 0.15) is 10.7 Å². The van der Waals surface area contributed by atoms with Gasteiger partial charge in [-0.15, -0.1) is 0 Å². The maximum Gasteiger partial charge on any atom is 0.433 e. The van der Waals surface area contributed by atoms with E-state index in [0.29, 0.717) is 0 Å². The Morgan fingerprint density at radius 1 is 1.16 bits per heavy atom. The van der Waals surface area contributed by atoms with Crippen molar-refractivity contribution < 1.29 is 37.2 Å². The minimum Gasteiger partial charge on any atom is -0.448 e. The molecule has 0 saturated heterocycles. The Bertz CT molecular complexity index is 785. The number of ether oxygens (including phenoxy) is 2. The normalized spacial score (nSPS) is 11.8. The fourth-order valence-electron chi connectivity index (χ4n) is 1.84. The van der Waals surface area contributed by atoms with Gasteiger partial charge in [-0.2, -0.15) is 8.78 Å². The lowest BCUT2D eigenvalue weighted by Crippen LogP contribution is -2.24. The Kier molecular flexibility index (Phi) is 5.42. The average molecular weight is 355 g/mol. The molecule has 0 radical (unpaired) electrons. The molecule has 0 spiro atoms. The Labute approximate surface area is 139 Å². The highest BCUT2D eigenvalue weighted by molar-refractivity contribution is 6.01. The molecule has 0 unspecified atom stereocenters. The fourth-order valence-corrected chi connectivity index (χ4v) is 1.84. The molecule has 1 aromatic carbocycles. The number of carbonyl (C=O) groups is 2. The number of hydrogen-bond acceptors (Lipinski definition) is 7. The van der Waals surface area contributed by atoms with E-state index < -0.39 is 41.0 Å². The van der Waals surface area contributed by atoms with Gasteiger partial charge in [-0.3, -0.25) is 14.9 Å². The summed E-state index contributed by atoms with van der Waals surface area (Å²) in [6.07, 6.45) is -1.22. The second kappa shape index (κ2) is 7.51. The van der Waals surface area contributed by atoms with Gasteiger partial charge in [0.2, 0.25) is 11.5 Å². The largest absolute Gasteiger partial charge is 0.448 e. The number of benzene rings is 1. The van der Waals surface area contributed by atoms with Crippen molar-refractivity contribution in [2.24, 2.45) is 0 Å². The van der Waals surface area contributed by atoms with Crippen molar-refractivity contribution >= 4 is 17.6 Å². The van der Waals surface area contributed by atoms with Crippen LogP contribution in [0.2, 0.25) is 0 Å². The van der Waals surface area contributed by atoms with Crippen LogP contribution in [0.3, 0.4) is 0 Å². The van der Waals surface area contributed by atoms with E-state index in [1.54, 1.807) is 0 Å². The van der Waals surface area contributed by atoms with Crippen molar-refractivity contribution in [3.05, 3.63) is 57.8 Å². The first kappa shape index (κ1) is 18.0. The third kappa shape index (κ3) is 4.59. The third-order valence-corrected chi connectivity index (χ3v) is 2.99. The number of esters is 1. The number of hydrogen-bond donors (Lipinski definition) is 0. The summed E-state index contributed by atoms with van der Waals surface area (Å²) >= 11 is 0. The predicted molar refractivity (Wildman–Crippen MR) is 77.6 cm³/mol. The molecule has 2 rings (SSSR count). The van der Waals surface area contributed by atoms with Crippen LogP contribution >= 0.6 is 0 Å². The Morgan fingerprint density at radius 3 is 2.32 bits per heavy atom. The number of ketones is 1. The molecule has 1 aromatic heterocycles. The van der Waals surface area contributed by atoms with Crippen molar-refractivity contribution in [2.75, 3.05) is 0 Å². The SMILES string of the molecule is C[C@@H](OC(=O)c1ccc([N+](=O)[O-])o1)C(=O)c1ccc(OC(F)F)cc1. The molecule has 0 fully saturated rings. The molecule has 0 aliphatic carbocycles. The van der Waals surface area contributed by atoms with E-state index in [-0.39, 0.29) is 11.3 Å². The van der Waals surface area contributed by atoms with Crippen LogP contribution in [0.5, 0.6) is 5.75 Å². The van der Waals surface area contributed by atoms with Gasteiger partial charge in [0.05, 0.1) is 6.07 Å². The summed E-state index contributed by atoms with van der Waals surface area (Å²) in [5, 5.41) is 10.5. The topological polar surface area (TPSA) is 109 Å². The molecule has 0 bridgehead atoms. The second-order valence-corrected chi connectivity index (χ2v) is 4.71. The van der Waals surface area contributed by atoms with Gasteiger partial charge in [-0.1, -0.05) is 0 Å². The Hall–Kier alpha value is -3.30. The third-order valence-electron chi connectivity index (χ3n) is 2.99. The van der Waals surface area contributed by atoms with Gasteiger partial charge >= 0.3 is 18.5 Å². The second-order valence-electron chi connectivity index (χ2n) is 4.71. The van der Waals surface area contributed by atoms with Crippen LogP contribution in [0.4, 0.5) is 14.7 Å². The molecule has 0 saturated carbocycles. The standard InChI is InChI=1S/C15H11F2NO7/c1-8(23-14(20)11-6-7-12(25-11)18(21)22)13(19)9-2-4-10(5-3-9)24-15(16)17/h2-8,15H,1H3/t8-/m1/s1. The molecule has 0 amide bonds. The highest BCUT2D eigenvalue weighted by Crippen LogP contribution is 2.19. The average Bonchev–Trinajstić information content (AvgIpc) is 3.04. The molecule has 132 valence electrons. The van der Waals surface area contributed by atoms with E-state index in [9.17, 15) is 28.5 Å². The molecular formula is C15H11F2NO7. The van der Waals surface area contributed by atoms with E-state index in [2.05, 4.69) is 9.15 Å². The molecule has 10 heteroatoms. The number of rotatable bonds is 7. The Morgan fingerprint density at radius 2 is 1.80 bits per heavy atom. The predicted octanol–water partition coefficient (Wildman–Crippen LogP) is 3.22. The quantitative estimate of drug-likeness (QED) is 0.325. The van der Waals surface area contributed by atoms with E-state index in [0.717, 1.165) is 12.1 Å². The van der Waals surface area contributed by atoms with Gasteiger partial charge in [0.15, 0.2) is 6.10 Å². The maximum absolute atomic E-state index is 12.2. The van der Waals surface area contributed by atoms with E-state index in [4.69, 9.17) is 4.74 Å². The molecule has 25 heavy (non-hydrogen) atoms. The van der Waals surface area contributed by atoms with Crippen LogP contribution in [-0.2, 0) is 4.74 Å². The van der Waals surface area contributed by atoms with Crippen molar-refractivity contribution in [1.29, 1.82) is 0 Å². The van der Waals surface area contributed by atoms with Gasteiger partial charge in [0, 0.05) is 5.56 Å². The number of nitrogens with zero attached hydrogens (tertiary/aromatic N) is 1. The zero-order valence-electron chi connectivity index (χ0n) is 12.7. The molecule has 8 nitrogen and oxygen atoms in total. The Balaban J connectivity index is 2.01. The lowest BCUT2D eigenvalue weighted by molar-refractivity contribution is -0.402. The molecular weight excluding hydrogens is 344 g/mol. The van der Waals surface area contributed by atoms with Gasteiger partial charge in [0.25, 0.3) is 0 Å². The zero-order valence-corrected chi connectivity index (χ0v) is 12.7. The van der Waals surface area contributed by atoms with Gasteiger partial charge in [-0.25, -0.2) is 4.79 Å². The minimum absolute atomic E-state index is 0.104. The van der Waals surface area contributed by atoms with Crippen LogP contribution < -0.4 is 4.74 Å². The number of alkyl halides is 2. The number of halogens is 2. The van der Waals surface area contributed by atoms with E-state index >= 15 is 0 Å². The fraction of sp³-hybridized carbons (Fsp3) is 0.200. The zero-order chi connectivity index (χ0) is 18.6. The van der Waals surface area contributed by atoms with Gasteiger partial charge in [-0.05, 0) is 37.3 Å². The first-order chi connectivity index (χ1) is 11.8. The van der Waals surface area contributed by atoms with Crippen molar-refractivity contribution in [2.45, 2.75) is 19.6 Å². The summed E-state index contributed by atoms with van der Waals surface area (Å²) in [4.78, 5) is 33.6. The smallest absolute Gasteiger partial charge is 0.433 e. The number of furan rings is 1. The molecule has 1 heterocycles. The maximum atomic E-state index is 12.2. The van der Waals surface area contributed by atoms with Crippen LogP contribution in [0.25, 0.3) is 0 Å². The molecule has 0 aliphatic rings. The molecule has 0 aliphatic heterocycles. The van der Waals surface area contributed by atoms with Crippen LogP contribution in [0, 0.1) is 10.1 Å². The summed E-state index contributed by atoms with van der Waals surface area (Å²) in [7, 11) is 0. The monoisotopic (exact) mass is 355 g/mol. The number of carbonyl (C=O) groups excluding carboxylic acids is 2. The first-order valence-corrected chi connectivity index (χ1v) is 6.82. The lowest BCUT2D eigenvalue weighted by atomic mass is 10.1. The highest BCUT2D eigenvalue weighted by Gasteiger charge is 2.24. The first-order valence-electron chi connectivity index (χ1n) is 6.82. The lowest BCUT2D eigenvalue weighted by Gasteiger charge is -2.11. The summed E-state index contributed by atoms with van der Waals surface area (Å²) in [5.41, 5.74) is 0.104. The van der Waals surface area contributed by atoms with Crippen LogP contribution in [0.15, 0.2) is 40.8 Å². The van der Waals surface area contributed by atoms with E-state index in [1.165, 1.54) is 31.2 Å². The van der Waals surface area contributed by atoms with Gasteiger partial charge < -0.3 is 13.9 Å². The van der Waals surface area contributed by atoms with E-state index in [1.807, 2.05) is 0 Å². The summed E-state index contributed by atoms with van der Waals surface area (Å²) in [6, 6.07) is 6.84. The molecule has 1 atom stereocenters. The molecule has 0 N–H and O–H groups in total. The summed E-state index contributed by atoms with van der Waals surface area (Å²) < 4.78 is 37.8. The summed E-state index contributed by atoms with van der Waals surface area (Å²) in [6.45, 7) is -1.69. The number of Topliss-reactive ketones (excluding diaryl/α,β-unsaturated/α-hetero) is 1. The van der Waals surface area contributed by atoms with Crippen molar-refractivity contribution in [3.8, 4) is 5.75 Å². The molecule has 2 aromatic rings. The van der Waals surface area contributed by atoms with Crippen LogP contribution in [-0.4, -0.2) is 29.4 Å². The summed E-state index contributed by atoms with van der Waals surface area (Å²) in [5.74, 6) is -2.84. The van der Waals surface area contributed by atoms with Crippen molar-refractivity contribution in [3.63, 3.8) is 0 Å². The van der Waals surface area contributed by atoms with Crippen LogP contribution in [0.1, 0.15) is 27.8 Å². The number of nitro groups is 1. The van der Waals surface area contributed by atoms with Crippen molar-refractivity contribution in [1.82, 2.24) is 0 Å². The highest BCUT2D eigenvalue weighted by atomic mass is 19.3. The minimum atomic E-state index is -2.99.